The number of amides is 1. The van der Waals surface area contributed by atoms with Gasteiger partial charge in [0.15, 0.2) is 21.3 Å². The quantitative estimate of drug-likeness (QED) is 0.345. The van der Waals surface area contributed by atoms with Crippen LogP contribution < -0.4 is 9.47 Å². The molecule has 0 aliphatic carbocycles. The van der Waals surface area contributed by atoms with Crippen molar-refractivity contribution in [1.82, 2.24) is 14.8 Å². The first-order chi connectivity index (χ1) is 19.3. The summed E-state index contributed by atoms with van der Waals surface area (Å²) in [5.74, 6) is 0.548. The highest BCUT2D eigenvalue weighted by Gasteiger charge is 2.24. The maximum Gasteiger partial charge on any atom is 0.253 e. The normalized spacial score (nSPS) is 14.3. The lowest BCUT2D eigenvalue weighted by Crippen LogP contribution is -2.48. The molecule has 0 bridgehead atoms. The molecule has 3 aromatic carbocycles. The van der Waals surface area contributed by atoms with E-state index < -0.39 is 9.84 Å². The number of carbonyl (C=O) groups excluding carboxylic acids is 1. The number of phenols is 1. The third-order valence-electron chi connectivity index (χ3n) is 7.14. The monoisotopic (exact) mass is 561 g/mol. The van der Waals surface area contributed by atoms with Crippen molar-refractivity contribution in [2.75, 3.05) is 40.4 Å². The van der Waals surface area contributed by atoms with E-state index >= 15 is 0 Å². The Labute approximate surface area is 233 Å². The molecule has 1 amide bonds. The highest BCUT2D eigenvalue weighted by Crippen LogP contribution is 2.39. The number of methoxy groups -OCH3 is 2. The average molecular weight is 562 g/mol. The molecule has 40 heavy (non-hydrogen) atoms. The van der Waals surface area contributed by atoms with Gasteiger partial charge in [-0.3, -0.25) is 14.7 Å². The van der Waals surface area contributed by atoms with Gasteiger partial charge in [0, 0.05) is 55.4 Å². The number of para-hydroxylation sites is 1. The summed E-state index contributed by atoms with van der Waals surface area (Å²) in [4.78, 5) is 21.6. The number of pyridine rings is 1. The predicted octanol–water partition coefficient (Wildman–Crippen LogP) is 3.89. The number of carbonyl (C=O) groups is 1. The fourth-order valence-corrected chi connectivity index (χ4v) is 6.52. The lowest BCUT2D eigenvalue weighted by atomic mass is 10.1. The topological polar surface area (TPSA) is 109 Å². The van der Waals surface area contributed by atoms with Gasteiger partial charge in [0.2, 0.25) is 5.75 Å². The zero-order valence-electron chi connectivity index (χ0n) is 22.4. The SMILES string of the molecule is COc1ccc(CN2CCN(C(=O)c3ccc(CS(=O)(=O)c4cccc5cccnc45)cc3)CC2)c(O)c1OC. The van der Waals surface area contributed by atoms with Gasteiger partial charge in [0.1, 0.15) is 0 Å². The second kappa shape index (κ2) is 11.5. The maximum atomic E-state index is 13.2. The van der Waals surface area contributed by atoms with E-state index in [1.807, 2.05) is 18.2 Å². The van der Waals surface area contributed by atoms with Crippen molar-refractivity contribution in [3.8, 4) is 17.2 Å². The van der Waals surface area contributed by atoms with Gasteiger partial charge in [-0.1, -0.05) is 36.4 Å². The first-order valence-electron chi connectivity index (χ1n) is 12.9. The van der Waals surface area contributed by atoms with E-state index in [2.05, 4.69) is 9.88 Å². The van der Waals surface area contributed by atoms with Crippen LogP contribution >= 0.6 is 0 Å². The second-order valence-electron chi connectivity index (χ2n) is 9.66. The summed E-state index contributed by atoms with van der Waals surface area (Å²) < 4.78 is 36.9. The standard InChI is InChI=1S/C30H31N3O6S/c1-38-25-13-12-24(28(34)29(25)39-2)19-32-15-17-33(18-16-32)30(35)23-10-8-21(9-11-23)20-40(36,37)26-7-3-5-22-6-4-14-31-27(22)26/h3-14,34H,15-20H2,1-2H3. The van der Waals surface area contributed by atoms with Gasteiger partial charge in [-0.25, -0.2) is 8.42 Å². The van der Waals surface area contributed by atoms with E-state index in [4.69, 9.17) is 9.47 Å². The molecule has 1 aromatic heterocycles. The second-order valence-corrected chi connectivity index (χ2v) is 11.6. The largest absolute Gasteiger partial charge is 0.504 e. The molecule has 2 heterocycles. The van der Waals surface area contributed by atoms with Gasteiger partial charge in [-0.05, 0) is 35.9 Å². The highest BCUT2D eigenvalue weighted by atomic mass is 32.2. The number of nitrogens with zero attached hydrogens (tertiary/aromatic N) is 3. The molecule has 5 rings (SSSR count). The van der Waals surface area contributed by atoms with E-state index in [9.17, 15) is 18.3 Å². The number of sulfone groups is 1. The van der Waals surface area contributed by atoms with Gasteiger partial charge in [0.25, 0.3) is 5.91 Å². The molecule has 1 aliphatic heterocycles. The number of hydrogen-bond donors (Lipinski definition) is 1. The predicted molar refractivity (Wildman–Crippen MR) is 151 cm³/mol. The van der Waals surface area contributed by atoms with Crippen LogP contribution in [0.5, 0.6) is 17.2 Å². The number of benzene rings is 3. The van der Waals surface area contributed by atoms with Gasteiger partial charge >= 0.3 is 0 Å². The molecule has 1 fully saturated rings. The lowest BCUT2D eigenvalue weighted by Gasteiger charge is -2.35. The molecule has 0 radical (unpaired) electrons. The number of ether oxygens (including phenoxy) is 2. The summed E-state index contributed by atoms with van der Waals surface area (Å²) in [6, 6.07) is 19.1. The first kappa shape index (κ1) is 27.4. The van der Waals surface area contributed by atoms with E-state index in [0.717, 1.165) is 10.9 Å². The Morgan fingerprint density at radius 3 is 2.35 bits per heavy atom. The van der Waals surface area contributed by atoms with Crippen molar-refractivity contribution in [2.24, 2.45) is 0 Å². The summed E-state index contributed by atoms with van der Waals surface area (Å²) in [5, 5.41) is 11.4. The molecule has 10 heteroatoms. The van der Waals surface area contributed by atoms with Gasteiger partial charge < -0.3 is 19.5 Å². The number of fused-ring (bicyclic) bond motifs is 1. The fourth-order valence-electron chi connectivity index (χ4n) is 4.98. The van der Waals surface area contributed by atoms with E-state index in [-0.39, 0.29) is 22.3 Å². The van der Waals surface area contributed by atoms with Crippen molar-refractivity contribution < 1.29 is 27.8 Å². The van der Waals surface area contributed by atoms with Crippen LogP contribution in [0.3, 0.4) is 0 Å². The number of aromatic nitrogens is 1. The number of hydrogen-bond acceptors (Lipinski definition) is 8. The smallest absolute Gasteiger partial charge is 0.253 e. The Kier molecular flexibility index (Phi) is 7.90. The Morgan fingerprint density at radius 2 is 1.65 bits per heavy atom. The molecule has 0 unspecified atom stereocenters. The molecular weight excluding hydrogens is 530 g/mol. The minimum absolute atomic E-state index is 0.0548. The van der Waals surface area contributed by atoms with Gasteiger partial charge in [-0.15, -0.1) is 0 Å². The Balaban J connectivity index is 1.20. The molecule has 9 nitrogen and oxygen atoms in total. The number of rotatable bonds is 8. The molecular formula is C30H31N3O6S. The summed E-state index contributed by atoms with van der Waals surface area (Å²) in [6.07, 6.45) is 1.58. The lowest BCUT2D eigenvalue weighted by molar-refractivity contribution is 0.0627. The minimum Gasteiger partial charge on any atom is -0.504 e. The van der Waals surface area contributed by atoms with Crippen molar-refractivity contribution in [2.45, 2.75) is 17.2 Å². The van der Waals surface area contributed by atoms with E-state index in [0.29, 0.717) is 60.9 Å². The minimum atomic E-state index is -3.63. The van der Waals surface area contributed by atoms with Crippen LogP contribution in [0.4, 0.5) is 0 Å². The highest BCUT2D eigenvalue weighted by molar-refractivity contribution is 7.90. The zero-order chi connectivity index (χ0) is 28.3. The molecule has 1 aliphatic rings. The van der Waals surface area contributed by atoms with Crippen LogP contribution in [0.25, 0.3) is 10.9 Å². The number of piperazine rings is 1. The van der Waals surface area contributed by atoms with E-state index in [1.165, 1.54) is 14.2 Å². The summed E-state index contributed by atoms with van der Waals surface area (Å²) >= 11 is 0. The molecule has 208 valence electrons. The van der Waals surface area contributed by atoms with Gasteiger partial charge in [-0.2, -0.15) is 0 Å². The van der Waals surface area contributed by atoms with Crippen LogP contribution in [0.2, 0.25) is 0 Å². The van der Waals surface area contributed by atoms with Crippen LogP contribution in [0.15, 0.2) is 77.8 Å². The van der Waals surface area contributed by atoms with Crippen molar-refractivity contribution in [3.05, 3.63) is 89.6 Å². The Morgan fingerprint density at radius 1 is 0.925 bits per heavy atom. The Hall–Kier alpha value is -4.15. The van der Waals surface area contributed by atoms with E-state index in [1.54, 1.807) is 59.6 Å². The van der Waals surface area contributed by atoms with Crippen molar-refractivity contribution in [3.63, 3.8) is 0 Å². The summed E-state index contributed by atoms with van der Waals surface area (Å²) in [5.41, 5.74) is 2.29. The molecule has 0 spiro atoms. The van der Waals surface area contributed by atoms with Crippen LogP contribution in [0.1, 0.15) is 21.5 Å². The van der Waals surface area contributed by atoms with Crippen LogP contribution in [-0.2, 0) is 22.1 Å². The Bertz CT molecular complexity index is 1630. The molecule has 4 aromatic rings. The number of aromatic hydroxyl groups is 1. The number of phenolic OH excluding ortho intramolecular Hbond substituents is 1. The van der Waals surface area contributed by atoms with Crippen molar-refractivity contribution in [1.29, 1.82) is 0 Å². The molecule has 0 atom stereocenters. The average Bonchev–Trinajstić information content (AvgIpc) is 2.98. The molecule has 0 saturated carbocycles. The molecule has 1 saturated heterocycles. The fraction of sp³-hybridized carbons (Fsp3) is 0.267. The van der Waals surface area contributed by atoms with Crippen LogP contribution in [0, 0.1) is 0 Å². The van der Waals surface area contributed by atoms with Crippen LogP contribution in [-0.4, -0.2) is 74.6 Å². The van der Waals surface area contributed by atoms with Gasteiger partial charge in [0.05, 0.1) is 30.4 Å². The first-order valence-corrected chi connectivity index (χ1v) is 14.6. The zero-order valence-corrected chi connectivity index (χ0v) is 23.2. The third kappa shape index (κ3) is 5.59. The maximum absolute atomic E-state index is 13.2. The summed E-state index contributed by atoms with van der Waals surface area (Å²) in [6.45, 7) is 2.89. The molecule has 1 N–H and O–H groups in total. The van der Waals surface area contributed by atoms with Crippen molar-refractivity contribution >= 4 is 26.6 Å². The third-order valence-corrected chi connectivity index (χ3v) is 8.86. The summed E-state index contributed by atoms with van der Waals surface area (Å²) in [7, 11) is -0.627.